The number of aromatic amines is 1. The predicted molar refractivity (Wildman–Crippen MR) is 122 cm³/mol. The van der Waals surface area contributed by atoms with Gasteiger partial charge in [0.05, 0.1) is 23.4 Å². The smallest absolute Gasteiger partial charge is 0.315 e. The second-order valence-electron chi connectivity index (χ2n) is 7.65. The number of rotatable bonds is 6. The van der Waals surface area contributed by atoms with E-state index in [-0.39, 0.29) is 12.1 Å². The van der Waals surface area contributed by atoms with Crippen molar-refractivity contribution in [2.24, 2.45) is 0 Å². The third-order valence-electron chi connectivity index (χ3n) is 5.49. The van der Waals surface area contributed by atoms with Crippen molar-refractivity contribution in [3.63, 3.8) is 0 Å². The van der Waals surface area contributed by atoms with Crippen molar-refractivity contribution in [1.82, 2.24) is 20.6 Å². The van der Waals surface area contributed by atoms with Crippen LogP contribution in [-0.4, -0.2) is 35.8 Å². The molecule has 1 atom stereocenters. The maximum atomic E-state index is 12.7. The summed E-state index contributed by atoms with van der Waals surface area (Å²) in [5.41, 5.74) is 4.90. The number of nitrogens with zero attached hydrogens (tertiary/aromatic N) is 1. The van der Waals surface area contributed by atoms with Crippen LogP contribution in [0, 0.1) is 0 Å². The quantitative estimate of drug-likeness (QED) is 0.434. The molecule has 5 rings (SSSR count). The van der Waals surface area contributed by atoms with Crippen molar-refractivity contribution in [2.45, 2.75) is 12.5 Å². The van der Waals surface area contributed by atoms with Crippen LogP contribution in [0.5, 0.6) is 11.5 Å². The first-order valence-electron chi connectivity index (χ1n) is 10.7. The molecule has 1 unspecified atom stereocenters. The molecule has 0 fully saturated rings. The van der Waals surface area contributed by atoms with Crippen molar-refractivity contribution in [3.8, 4) is 11.5 Å². The van der Waals surface area contributed by atoms with E-state index in [0.717, 1.165) is 39.2 Å². The van der Waals surface area contributed by atoms with E-state index in [1.165, 1.54) is 0 Å². The summed E-state index contributed by atoms with van der Waals surface area (Å²) in [6, 6.07) is 21.3. The lowest BCUT2D eigenvalue weighted by Gasteiger charge is -2.21. The number of nitrogens with one attached hydrogen (secondary N) is 3. The Hall–Kier alpha value is -4.00. The Balaban J connectivity index is 1.25. The molecule has 3 aromatic carbocycles. The molecule has 2 heterocycles. The molecule has 0 spiro atoms. The molecule has 1 aliphatic rings. The van der Waals surface area contributed by atoms with Crippen LogP contribution < -0.4 is 20.1 Å². The molecule has 1 aliphatic heterocycles. The Labute approximate surface area is 185 Å². The zero-order valence-electron chi connectivity index (χ0n) is 17.5. The van der Waals surface area contributed by atoms with Crippen LogP contribution in [0.25, 0.3) is 11.0 Å². The third kappa shape index (κ3) is 4.37. The van der Waals surface area contributed by atoms with Gasteiger partial charge in [-0.15, -0.1) is 0 Å². The fourth-order valence-electron chi connectivity index (χ4n) is 3.88. The maximum absolute atomic E-state index is 12.7. The normalized spacial score (nSPS) is 13.5. The van der Waals surface area contributed by atoms with E-state index in [9.17, 15) is 4.79 Å². The van der Waals surface area contributed by atoms with Crippen molar-refractivity contribution >= 4 is 17.1 Å². The van der Waals surface area contributed by atoms with Crippen molar-refractivity contribution in [3.05, 3.63) is 89.7 Å². The average molecular weight is 428 g/mol. The summed E-state index contributed by atoms with van der Waals surface area (Å²) in [4.78, 5) is 20.2. The minimum absolute atomic E-state index is 0.221. The van der Waals surface area contributed by atoms with Crippen LogP contribution >= 0.6 is 0 Å². The predicted octanol–water partition coefficient (Wildman–Crippen LogP) is 3.97. The second kappa shape index (κ2) is 9.01. The number of carbonyl (C=O) groups excluding carboxylic acids is 1. The molecular weight excluding hydrogens is 404 g/mol. The lowest BCUT2D eigenvalue weighted by atomic mass is 9.98. The summed E-state index contributed by atoms with van der Waals surface area (Å²) in [6.45, 7) is 1.64. The number of ether oxygens (including phenoxy) is 2. The van der Waals surface area contributed by atoms with Gasteiger partial charge in [-0.25, -0.2) is 9.78 Å². The molecule has 3 N–H and O–H groups in total. The minimum atomic E-state index is -0.279. The molecule has 0 radical (unpaired) electrons. The van der Waals surface area contributed by atoms with E-state index in [1.54, 1.807) is 6.33 Å². The number of amides is 2. The zero-order chi connectivity index (χ0) is 21.8. The molecule has 162 valence electrons. The van der Waals surface area contributed by atoms with Gasteiger partial charge in [-0.2, -0.15) is 0 Å². The summed E-state index contributed by atoms with van der Waals surface area (Å²) in [6.07, 6.45) is 2.37. The van der Waals surface area contributed by atoms with Gasteiger partial charge in [0, 0.05) is 6.54 Å². The van der Waals surface area contributed by atoms with Crippen LogP contribution in [-0.2, 0) is 6.42 Å². The molecule has 1 aromatic heterocycles. The highest BCUT2D eigenvalue weighted by Crippen LogP contribution is 2.30. The van der Waals surface area contributed by atoms with Crippen molar-refractivity contribution in [1.29, 1.82) is 0 Å². The Bertz CT molecular complexity index is 1220. The first kappa shape index (κ1) is 19.9. The third-order valence-corrected chi connectivity index (χ3v) is 5.49. The monoisotopic (exact) mass is 428 g/mol. The van der Waals surface area contributed by atoms with Crippen LogP contribution in [0.1, 0.15) is 22.7 Å². The van der Waals surface area contributed by atoms with Gasteiger partial charge in [-0.05, 0) is 47.4 Å². The topological polar surface area (TPSA) is 88.3 Å². The van der Waals surface area contributed by atoms with Gasteiger partial charge in [-0.1, -0.05) is 42.5 Å². The number of hydrogen-bond donors (Lipinski definition) is 3. The lowest BCUT2D eigenvalue weighted by Crippen LogP contribution is -2.39. The average Bonchev–Trinajstić information content (AvgIpc) is 3.31. The van der Waals surface area contributed by atoms with Gasteiger partial charge in [0.2, 0.25) is 0 Å². The Morgan fingerprint density at radius 1 is 0.969 bits per heavy atom. The van der Waals surface area contributed by atoms with Gasteiger partial charge in [-0.3, -0.25) is 0 Å². The molecule has 4 aromatic rings. The second-order valence-corrected chi connectivity index (χ2v) is 7.65. The van der Waals surface area contributed by atoms with E-state index in [0.29, 0.717) is 26.2 Å². The van der Waals surface area contributed by atoms with E-state index >= 15 is 0 Å². The molecule has 7 heteroatoms. The highest BCUT2D eigenvalue weighted by molar-refractivity contribution is 5.77. The summed E-state index contributed by atoms with van der Waals surface area (Å²) < 4.78 is 11.2. The van der Waals surface area contributed by atoms with E-state index in [4.69, 9.17) is 9.47 Å². The number of fused-ring (bicyclic) bond motifs is 2. The number of aromatic nitrogens is 2. The van der Waals surface area contributed by atoms with Gasteiger partial charge in [0.15, 0.2) is 11.5 Å². The van der Waals surface area contributed by atoms with Gasteiger partial charge < -0.3 is 25.1 Å². The molecule has 0 saturated carbocycles. The summed E-state index contributed by atoms with van der Waals surface area (Å²) in [7, 11) is 0. The molecular formula is C25H24N4O3. The lowest BCUT2D eigenvalue weighted by molar-refractivity contribution is 0.171. The number of benzene rings is 3. The van der Waals surface area contributed by atoms with E-state index < -0.39 is 0 Å². The number of hydrogen-bond acceptors (Lipinski definition) is 4. The SMILES string of the molecule is O=C(NCCc1ccc2c(c1)OCCO2)NC(c1ccccc1)c1ccc2nc[nH]c2c1. The number of H-pyrrole nitrogens is 1. The highest BCUT2D eigenvalue weighted by Gasteiger charge is 2.18. The summed E-state index contributed by atoms with van der Waals surface area (Å²) >= 11 is 0. The highest BCUT2D eigenvalue weighted by atomic mass is 16.6. The van der Waals surface area contributed by atoms with Crippen molar-refractivity contribution in [2.75, 3.05) is 19.8 Å². The Morgan fingerprint density at radius 3 is 2.69 bits per heavy atom. The fourth-order valence-corrected chi connectivity index (χ4v) is 3.88. The standard InChI is InChI=1S/C25H24N4O3/c30-25(26-11-10-17-6-9-22-23(14-17)32-13-12-31-22)29-24(18-4-2-1-3-5-18)19-7-8-20-21(15-19)28-16-27-20/h1-9,14-16,24H,10-13H2,(H,27,28)(H2,26,29,30). The van der Waals surface area contributed by atoms with E-state index in [1.807, 2.05) is 66.7 Å². The molecule has 32 heavy (non-hydrogen) atoms. The van der Waals surface area contributed by atoms with E-state index in [2.05, 4.69) is 20.6 Å². The fraction of sp³-hybridized carbons (Fsp3) is 0.200. The van der Waals surface area contributed by atoms with Crippen LogP contribution in [0.4, 0.5) is 4.79 Å². The molecule has 0 saturated heterocycles. The van der Waals surface area contributed by atoms with Gasteiger partial charge in [0.1, 0.15) is 13.2 Å². The summed E-state index contributed by atoms with van der Waals surface area (Å²) in [5, 5.41) is 6.08. The first-order valence-corrected chi connectivity index (χ1v) is 10.7. The summed E-state index contributed by atoms with van der Waals surface area (Å²) in [5.74, 6) is 1.53. The van der Waals surface area contributed by atoms with Crippen molar-refractivity contribution < 1.29 is 14.3 Å². The number of carbonyl (C=O) groups is 1. The largest absolute Gasteiger partial charge is 0.486 e. The molecule has 7 nitrogen and oxygen atoms in total. The van der Waals surface area contributed by atoms with Crippen LogP contribution in [0.15, 0.2) is 73.1 Å². The zero-order valence-corrected chi connectivity index (χ0v) is 17.5. The first-order chi connectivity index (χ1) is 15.8. The number of urea groups is 1. The van der Waals surface area contributed by atoms with Crippen LogP contribution in [0.2, 0.25) is 0 Å². The maximum Gasteiger partial charge on any atom is 0.315 e. The Morgan fingerprint density at radius 2 is 1.81 bits per heavy atom. The minimum Gasteiger partial charge on any atom is -0.486 e. The molecule has 2 amide bonds. The number of imidazole rings is 1. The molecule has 0 aliphatic carbocycles. The van der Waals surface area contributed by atoms with Crippen LogP contribution in [0.3, 0.4) is 0 Å². The molecule has 0 bridgehead atoms. The van der Waals surface area contributed by atoms with Gasteiger partial charge >= 0.3 is 6.03 Å². The Kier molecular flexibility index (Phi) is 5.61. The van der Waals surface area contributed by atoms with Gasteiger partial charge in [0.25, 0.3) is 0 Å².